The highest BCUT2D eigenvalue weighted by atomic mass is 31.0. The fraction of sp³-hybridized carbons (Fsp3) is 0.708. The average molecular weight is 1140 g/mol. The smallest absolute Gasteiger partial charge is 0.512 e. The molecule has 6 atom stereocenters. The molecule has 0 aromatic carbocycles. The van der Waals surface area contributed by atoms with Gasteiger partial charge in [0.05, 0.1) is 5.76 Å². The molecule has 1 heterocycles. The predicted molar refractivity (Wildman–Crippen MR) is 331 cm³/mol. The van der Waals surface area contributed by atoms with E-state index < -0.39 is 24.3 Å². The number of nitrogens with zero attached hydrogens (tertiary/aromatic N) is 3. The summed E-state index contributed by atoms with van der Waals surface area (Å²) < 4.78 is 36.3. The lowest BCUT2D eigenvalue weighted by atomic mass is 9.49. The summed E-state index contributed by atoms with van der Waals surface area (Å²) >= 11 is 0. The maximum atomic E-state index is 11.1. The van der Waals surface area contributed by atoms with Gasteiger partial charge in [0.15, 0.2) is 5.78 Å². The van der Waals surface area contributed by atoms with Crippen molar-refractivity contribution in [3.05, 3.63) is 72.3 Å². The minimum Gasteiger partial charge on any atom is -0.512 e. The number of nitrogens with one attached hydrogen (secondary N) is 1. The first-order chi connectivity index (χ1) is 37.4. The van der Waals surface area contributed by atoms with Crippen molar-refractivity contribution in [2.24, 2.45) is 61.5 Å². The summed E-state index contributed by atoms with van der Waals surface area (Å²) in [5.74, 6) is 2.42. The Morgan fingerprint density at radius 3 is 2.04 bits per heavy atom. The van der Waals surface area contributed by atoms with E-state index in [1.165, 1.54) is 95.6 Å². The van der Waals surface area contributed by atoms with Crippen LogP contribution in [0.1, 0.15) is 224 Å². The maximum Gasteiger partial charge on any atom is 0.574 e. The summed E-state index contributed by atoms with van der Waals surface area (Å²) in [6, 6.07) is 5.48. The molecule has 456 valence electrons. The molecule has 0 saturated heterocycles. The Balaban J connectivity index is 0. The number of aliphatic imine (C=N–C) groups is 1. The number of halogens is 3. The van der Waals surface area contributed by atoms with Crippen LogP contribution in [0.2, 0.25) is 0 Å². The second-order valence-electron chi connectivity index (χ2n) is 23.7. The number of aldehydes is 1. The van der Waals surface area contributed by atoms with Gasteiger partial charge in [0.2, 0.25) is 5.90 Å². The van der Waals surface area contributed by atoms with Crippen LogP contribution < -0.4 is 5.73 Å². The quantitative estimate of drug-likeness (QED) is 0.0372. The Morgan fingerprint density at radius 1 is 1.02 bits per heavy atom. The molecule has 80 heavy (non-hydrogen) atoms. The van der Waals surface area contributed by atoms with Gasteiger partial charge in [-0.2, -0.15) is 5.26 Å². The number of ketones is 1. The fourth-order valence-corrected chi connectivity index (χ4v) is 12.9. The lowest BCUT2D eigenvalue weighted by Crippen LogP contribution is -2.47. The molecule has 11 nitrogen and oxygen atoms in total. The van der Waals surface area contributed by atoms with Crippen molar-refractivity contribution in [2.75, 3.05) is 26.8 Å². The second-order valence-corrected chi connectivity index (χ2v) is 24.3. The number of aliphatic hydroxyl groups excluding tert-OH is 3. The van der Waals surface area contributed by atoms with E-state index in [-0.39, 0.29) is 23.4 Å². The van der Waals surface area contributed by atoms with Crippen molar-refractivity contribution in [2.45, 2.75) is 219 Å². The van der Waals surface area contributed by atoms with Crippen LogP contribution in [0.25, 0.3) is 5.57 Å². The van der Waals surface area contributed by atoms with Crippen LogP contribution in [0.4, 0.5) is 13.2 Å². The Labute approximate surface area is 485 Å². The first-order valence-electron chi connectivity index (χ1n) is 29.4. The van der Waals surface area contributed by atoms with E-state index in [1.807, 2.05) is 59.3 Å². The van der Waals surface area contributed by atoms with Crippen molar-refractivity contribution in [1.29, 1.82) is 10.7 Å². The molecule has 1 spiro atoms. The average Bonchev–Trinajstić information content (AvgIpc) is 3.92. The minimum atomic E-state index is -4.77. The Hall–Kier alpha value is -4.28. The zero-order valence-electron chi connectivity index (χ0n) is 52.3. The van der Waals surface area contributed by atoms with Crippen LogP contribution in [-0.2, 0) is 14.3 Å². The monoisotopic (exact) mass is 1140 g/mol. The van der Waals surface area contributed by atoms with Gasteiger partial charge in [-0.15, -0.1) is 22.0 Å². The lowest BCUT2D eigenvalue weighted by molar-refractivity contribution is -0.283. The van der Waals surface area contributed by atoms with E-state index in [1.54, 1.807) is 43.4 Å². The number of fused-ring (bicyclic) bond motifs is 5. The van der Waals surface area contributed by atoms with Crippen LogP contribution in [0.5, 0.6) is 0 Å². The molecule has 6 N–H and O–H groups in total. The van der Waals surface area contributed by atoms with Crippen molar-refractivity contribution in [3.8, 4) is 6.07 Å². The van der Waals surface area contributed by atoms with Gasteiger partial charge in [-0.05, 0) is 179 Å². The van der Waals surface area contributed by atoms with Gasteiger partial charge in [-0.25, -0.2) is 4.98 Å². The third-order valence-electron chi connectivity index (χ3n) is 16.4. The molecular weight excluding hydrogens is 1030 g/mol. The van der Waals surface area contributed by atoms with Gasteiger partial charge >= 0.3 is 6.36 Å². The van der Waals surface area contributed by atoms with Crippen molar-refractivity contribution in [3.63, 3.8) is 0 Å². The number of aliphatic hydroxyl groups is 3. The fourth-order valence-electron chi connectivity index (χ4n) is 12.1. The van der Waals surface area contributed by atoms with Crippen LogP contribution in [0, 0.1) is 67.5 Å². The topological polar surface area (TPSA) is 203 Å². The molecule has 6 unspecified atom stereocenters. The molecule has 6 rings (SSSR count). The Morgan fingerprint density at radius 2 is 1.62 bits per heavy atom. The second kappa shape index (κ2) is 37.7. The third kappa shape index (κ3) is 25.1. The minimum absolute atomic E-state index is 0.0972. The largest absolute Gasteiger partial charge is 0.574 e. The van der Waals surface area contributed by atoms with Gasteiger partial charge in [-0.1, -0.05) is 134 Å². The standard InChI is InChI=1S/C32H52NP.C9H8N2.C7H12O3.C7H14O.C4H4F3NO.C3H9N.C2H6.CH4O/c1-6-10-24(33-7-2)19-32-18-14-26-25(29(32)28(22(3)4)27(34)20-32)13-17-31(26)16-12-23-11-8-9-15-30(23,5)21-31;1-7(2)8-3-4-9(5-10)11-6-8;1-7(2,5-9)3-6(10)4-8;1-5-7(3,4)6(2)8;1-2-3(8)9-4(5,6)7;1-2-3-4;2*1-2/h22-23,25-26,34H,6-21H2,1-5H3;3-4,6H,1H2,2H3;5,8H,3-4H2,1-2H3;8H,2,5H2,1,3-4H3;2,8H,1H2;2-4H2,1H3;1-2H3;2H,1H3. The van der Waals surface area contributed by atoms with Crippen molar-refractivity contribution in [1.82, 2.24) is 4.98 Å². The first-order valence-corrected chi connectivity index (χ1v) is 29.9. The van der Waals surface area contributed by atoms with E-state index in [4.69, 9.17) is 36.7 Å². The van der Waals surface area contributed by atoms with E-state index in [0.29, 0.717) is 33.9 Å². The van der Waals surface area contributed by atoms with E-state index >= 15 is 0 Å². The molecule has 0 radical (unpaired) electrons. The zero-order chi connectivity index (χ0) is 62.3. The number of hydrogen-bond acceptors (Lipinski definition) is 11. The van der Waals surface area contributed by atoms with Crippen LogP contribution in [0.3, 0.4) is 0 Å². The first kappa shape index (κ1) is 77.8. The summed E-state index contributed by atoms with van der Waals surface area (Å²) in [6.45, 7) is 40.8. The highest BCUT2D eigenvalue weighted by Crippen LogP contribution is 2.71. The molecule has 0 bridgehead atoms. The molecule has 5 aliphatic carbocycles. The third-order valence-corrected chi connectivity index (χ3v) is 16.9. The van der Waals surface area contributed by atoms with E-state index in [2.05, 4.69) is 79.9 Å². The zero-order valence-corrected chi connectivity index (χ0v) is 53.3. The predicted octanol–water partition coefficient (Wildman–Crippen LogP) is 16.8. The number of carbonyl (C=O) groups excluding carboxylic acids is 2. The normalized spacial score (nSPS) is 23.4. The number of aromatic nitrogens is 1. The van der Waals surface area contributed by atoms with Crippen LogP contribution in [0.15, 0.2) is 66.0 Å². The molecule has 5 aliphatic rings. The molecule has 15 heteroatoms. The summed E-state index contributed by atoms with van der Waals surface area (Å²) in [5, 5.41) is 40.5. The molecule has 1 aromatic heterocycles. The maximum absolute atomic E-state index is 11.1. The van der Waals surface area contributed by atoms with Crippen molar-refractivity contribution < 1.29 is 42.8 Å². The van der Waals surface area contributed by atoms with Gasteiger partial charge in [0.25, 0.3) is 0 Å². The van der Waals surface area contributed by atoms with Gasteiger partial charge in [0.1, 0.15) is 24.7 Å². The van der Waals surface area contributed by atoms with E-state index in [9.17, 15) is 22.8 Å². The van der Waals surface area contributed by atoms with Crippen LogP contribution in [-0.4, -0.2) is 82.4 Å². The molecule has 0 amide bonds. The number of carbonyl (C=O) groups is 2. The van der Waals surface area contributed by atoms with Crippen LogP contribution >= 0.6 is 8.86 Å². The van der Waals surface area contributed by atoms with Crippen molar-refractivity contribution >= 4 is 43.4 Å². The Kier molecular flexibility index (Phi) is 36.7. The summed E-state index contributed by atoms with van der Waals surface area (Å²) in [6.07, 6.45) is 21.8. The number of alkyl halides is 3. The molecule has 1 aromatic rings. The summed E-state index contributed by atoms with van der Waals surface area (Å²) in [7, 11) is 5.22. The highest BCUT2D eigenvalue weighted by molar-refractivity contribution is 7.22. The summed E-state index contributed by atoms with van der Waals surface area (Å²) in [4.78, 5) is 29.8. The SMILES string of the molecule is C=C(C)c1ccc(C#N)nc1.C=C(O)C(C)(C)CC.C=CC(=N)OC(F)(F)F.CC.CC(C)(C=O)CC(=O)CO.CCCC(CC12CCC3C(CCC34CCC3CCCCC3(C)C4)C1=C(C(C)C)C(=P)C2)=NCC.CCCN.CO. The number of allylic oxidation sites excluding steroid dienone is 4. The highest BCUT2D eigenvalue weighted by Gasteiger charge is 2.61. The number of rotatable bonds is 15. The van der Waals surface area contributed by atoms with Gasteiger partial charge in [-0.3, -0.25) is 15.2 Å². The summed E-state index contributed by atoms with van der Waals surface area (Å²) in [5.41, 5.74) is 13.5. The lowest BCUT2D eigenvalue weighted by Gasteiger charge is -2.56. The molecule has 0 aliphatic heterocycles. The number of pyridine rings is 1. The number of nitriles is 1. The number of hydrogen-bond donors (Lipinski definition) is 5. The van der Waals surface area contributed by atoms with Gasteiger partial charge in [0, 0.05) is 48.2 Å². The number of nitrogens with two attached hydrogens (primary N) is 1. The molecule has 4 saturated carbocycles. The molecular formula is C65H109F3N5O6P. The van der Waals surface area contributed by atoms with E-state index in [0.717, 1.165) is 68.2 Å². The number of ether oxygens (including phenoxy) is 1. The van der Waals surface area contributed by atoms with Gasteiger partial charge < -0.3 is 30.6 Å². The molecule has 4 fully saturated rings. The number of Topliss-reactive ketones (excluding diaryl/α,β-unsaturated/α-hetero) is 1. The Bertz CT molecular complexity index is 2200.